The first-order valence-corrected chi connectivity index (χ1v) is 8.42. The summed E-state index contributed by atoms with van der Waals surface area (Å²) in [4.78, 5) is 26.0. The molecule has 1 saturated heterocycles. The molecule has 1 aromatic rings. The normalized spacial score (nSPS) is 17.0. The summed E-state index contributed by atoms with van der Waals surface area (Å²) in [7, 11) is 0. The highest BCUT2D eigenvalue weighted by Gasteiger charge is 2.27. The van der Waals surface area contributed by atoms with Gasteiger partial charge in [-0.15, -0.1) is 0 Å². The van der Waals surface area contributed by atoms with Gasteiger partial charge in [-0.05, 0) is 25.3 Å². The van der Waals surface area contributed by atoms with E-state index >= 15 is 0 Å². The maximum absolute atomic E-state index is 12.5. The van der Waals surface area contributed by atoms with Gasteiger partial charge in [0.25, 0.3) is 5.56 Å². The van der Waals surface area contributed by atoms with Crippen LogP contribution in [0.2, 0.25) is 0 Å². The summed E-state index contributed by atoms with van der Waals surface area (Å²) in [5, 5.41) is 13.8. The number of hydrogen-bond donors (Lipinski definition) is 1. The zero-order valence-electron chi connectivity index (χ0n) is 14.5. The van der Waals surface area contributed by atoms with E-state index in [4.69, 9.17) is 0 Å². The standard InChI is InChI=1S/C17H26FN3O3/c1-11(2)6-15(17(23)24)21-16(22)12(3)7-14(19-21)4-5-20-9-13(8-18)10-20/h7,11,13,15H,4-6,8-10H2,1-3H3,(H,23,24). The van der Waals surface area contributed by atoms with Crippen molar-refractivity contribution in [2.75, 3.05) is 26.3 Å². The van der Waals surface area contributed by atoms with Crippen molar-refractivity contribution in [1.82, 2.24) is 14.7 Å². The lowest BCUT2D eigenvalue weighted by Crippen LogP contribution is -2.48. The van der Waals surface area contributed by atoms with E-state index in [0.717, 1.165) is 24.3 Å². The summed E-state index contributed by atoms with van der Waals surface area (Å²) >= 11 is 0. The van der Waals surface area contributed by atoms with Crippen molar-refractivity contribution in [2.24, 2.45) is 11.8 Å². The van der Waals surface area contributed by atoms with Gasteiger partial charge in [-0.1, -0.05) is 13.8 Å². The van der Waals surface area contributed by atoms with E-state index in [2.05, 4.69) is 10.00 Å². The molecule has 1 aliphatic heterocycles. The van der Waals surface area contributed by atoms with Gasteiger partial charge < -0.3 is 10.0 Å². The predicted molar refractivity (Wildman–Crippen MR) is 89.0 cm³/mol. The minimum Gasteiger partial charge on any atom is -0.480 e. The second-order valence-electron chi connectivity index (χ2n) is 7.08. The molecule has 7 heteroatoms. The lowest BCUT2D eigenvalue weighted by molar-refractivity contribution is -0.141. The number of rotatable bonds is 8. The Bertz CT molecular complexity index is 638. The van der Waals surface area contributed by atoms with Crippen LogP contribution in [0.1, 0.15) is 37.6 Å². The number of aromatic nitrogens is 2. The second-order valence-corrected chi connectivity index (χ2v) is 7.08. The number of nitrogens with zero attached hydrogens (tertiary/aromatic N) is 3. The minimum absolute atomic E-state index is 0.135. The molecular weight excluding hydrogens is 313 g/mol. The first-order valence-electron chi connectivity index (χ1n) is 8.42. The summed E-state index contributed by atoms with van der Waals surface area (Å²) < 4.78 is 13.6. The number of hydrogen-bond acceptors (Lipinski definition) is 4. The van der Waals surface area contributed by atoms with E-state index in [1.807, 2.05) is 13.8 Å². The van der Waals surface area contributed by atoms with Crippen molar-refractivity contribution in [3.63, 3.8) is 0 Å². The smallest absolute Gasteiger partial charge is 0.328 e. The van der Waals surface area contributed by atoms with Crippen molar-refractivity contribution < 1.29 is 14.3 Å². The quantitative estimate of drug-likeness (QED) is 0.780. The fourth-order valence-electron chi connectivity index (χ4n) is 3.02. The van der Waals surface area contributed by atoms with E-state index in [9.17, 15) is 19.1 Å². The van der Waals surface area contributed by atoms with Gasteiger partial charge >= 0.3 is 5.97 Å². The van der Waals surface area contributed by atoms with Crippen molar-refractivity contribution in [1.29, 1.82) is 0 Å². The van der Waals surface area contributed by atoms with Crippen molar-refractivity contribution in [3.8, 4) is 0 Å². The molecule has 24 heavy (non-hydrogen) atoms. The summed E-state index contributed by atoms with van der Waals surface area (Å²) in [5.41, 5.74) is 0.847. The monoisotopic (exact) mass is 339 g/mol. The van der Waals surface area contributed by atoms with Crippen molar-refractivity contribution >= 4 is 5.97 Å². The van der Waals surface area contributed by atoms with Crippen LogP contribution in [-0.2, 0) is 11.2 Å². The van der Waals surface area contributed by atoms with E-state index in [-0.39, 0.29) is 24.1 Å². The number of carboxylic acid groups (broad SMARTS) is 1. The molecule has 2 rings (SSSR count). The third-order valence-corrected chi connectivity index (χ3v) is 4.37. The Hall–Kier alpha value is -1.76. The Morgan fingerprint density at radius 3 is 2.67 bits per heavy atom. The number of aliphatic carboxylic acids is 1. The van der Waals surface area contributed by atoms with Crippen LogP contribution in [0, 0.1) is 18.8 Å². The number of alkyl halides is 1. The molecule has 1 atom stereocenters. The van der Waals surface area contributed by atoms with Gasteiger partial charge in [0.2, 0.25) is 0 Å². The van der Waals surface area contributed by atoms with Gasteiger partial charge in [-0.3, -0.25) is 9.18 Å². The molecule has 1 fully saturated rings. The average molecular weight is 339 g/mol. The van der Waals surface area contributed by atoms with Gasteiger partial charge in [-0.25, -0.2) is 9.48 Å². The number of aryl methyl sites for hydroxylation is 1. The Kier molecular flexibility index (Phi) is 6.10. The van der Waals surface area contributed by atoms with Gasteiger partial charge in [-0.2, -0.15) is 5.10 Å². The number of carbonyl (C=O) groups is 1. The topological polar surface area (TPSA) is 75.4 Å². The molecule has 0 saturated carbocycles. The Balaban J connectivity index is 2.15. The maximum Gasteiger partial charge on any atom is 0.328 e. The molecule has 0 spiro atoms. The van der Waals surface area contributed by atoms with Crippen LogP contribution in [0.25, 0.3) is 0 Å². The summed E-state index contributed by atoms with van der Waals surface area (Å²) in [6, 6.07) is 0.774. The van der Waals surface area contributed by atoms with E-state index in [1.54, 1.807) is 13.0 Å². The molecule has 134 valence electrons. The molecular formula is C17H26FN3O3. The summed E-state index contributed by atoms with van der Waals surface area (Å²) in [6.45, 7) is 7.48. The van der Waals surface area contributed by atoms with Crippen LogP contribution >= 0.6 is 0 Å². The second kappa shape index (κ2) is 7.88. The Morgan fingerprint density at radius 2 is 2.12 bits per heavy atom. The molecule has 0 bridgehead atoms. The van der Waals surface area contributed by atoms with E-state index in [0.29, 0.717) is 24.1 Å². The fraction of sp³-hybridized carbons (Fsp3) is 0.706. The van der Waals surface area contributed by atoms with Crippen LogP contribution in [0.15, 0.2) is 10.9 Å². The van der Waals surface area contributed by atoms with Gasteiger partial charge in [0.15, 0.2) is 6.04 Å². The van der Waals surface area contributed by atoms with Crippen LogP contribution in [0.3, 0.4) is 0 Å². The molecule has 0 aromatic carbocycles. The largest absolute Gasteiger partial charge is 0.480 e. The van der Waals surface area contributed by atoms with Crippen LogP contribution < -0.4 is 5.56 Å². The summed E-state index contributed by atoms with van der Waals surface area (Å²) in [6.07, 6.45) is 0.976. The van der Waals surface area contributed by atoms with Gasteiger partial charge in [0.05, 0.1) is 12.4 Å². The van der Waals surface area contributed by atoms with E-state index in [1.165, 1.54) is 0 Å². The molecule has 1 aromatic heterocycles. The maximum atomic E-state index is 12.5. The molecule has 0 radical (unpaired) electrons. The molecule has 0 aliphatic carbocycles. The third kappa shape index (κ3) is 4.41. The van der Waals surface area contributed by atoms with Crippen LogP contribution in [-0.4, -0.2) is 52.1 Å². The molecule has 1 unspecified atom stereocenters. The zero-order valence-corrected chi connectivity index (χ0v) is 14.5. The molecule has 6 nitrogen and oxygen atoms in total. The molecule has 0 amide bonds. The Morgan fingerprint density at radius 1 is 1.46 bits per heavy atom. The minimum atomic E-state index is -1.04. The zero-order chi connectivity index (χ0) is 17.9. The Labute approximate surface area is 141 Å². The molecule has 2 heterocycles. The highest BCUT2D eigenvalue weighted by molar-refractivity contribution is 5.71. The highest BCUT2D eigenvalue weighted by Crippen LogP contribution is 2.18. The highest BCUT2D eigenvalue weighted by atomic mass is 19.1. The number of halogens is 1. The van der Waals surface area contributed by atoms with Crippen molar-refractivity contribution in [2.45, 2.75) is 39.7 Å². The number of carboxylic acids is 1. The van der Waals surface area contributed by atoms with Gasteiger partial charge in [0.1, 0.15) is 0 Å². The van der Waals surface area contributed by atoms with Crippen molar-refractivity contribution in [3.05, 3.63) is 27.7 Å². The fourth-order valence-corrected chi connectivity index (χ4v) is 3.02. The first kappa shape index (κ1) is 18.6. The third-order valence-electron chi connectivity index (χ3n) is 4.37. The SMILES string of the molecule is Cc1cc(CCN2CC(CF)C2)nn(C(CC(C)C)C(=O)O)c1=O. The molecule has 1 N–H and O–H groups in total. The number of likely N-dealkylation sites (tertiary alicyclic amines) is 1. The lowest BCUT2D eigenvalue weighted by atomic mass is 10.0. The molecule has 1 aliphatic rings. The van der Waals surface area contributed by atoms with Crippen LogP contribution in [0.5, 0.6) is 0 Å². The average Bonchev–Trinajstić information content (AvgIpc) is 2.46. The summed E-state index contributed by atoms with van der Waals surface area (Å²) in [5.74, 6) is -0.762. The lowest BCUT2D eigenvalue weighted by Gasteiger charge is -2.37. The van der Waals surface area contributed by atoms with Gasteiger partial charge in [0, 0.05) is 37.5 Å². The van der Waals surface area contributed by atoms with Crippen LogP contribution in [0.4, 0.5) is 4.39 Å². The van der Waals surface area contributed by atoms with E-state index < -0.39 is 12.0 Å². The predicted octanol–water partition coefficient (Wildman–Crippen LogP) is 1.67. The first-order chi connectivity index (χ1) is 11.3.